The van der Waals surface area contributed by atoms with E-state index < -0.39 is 17.2 Å². The van der Waals surface area contributed by atoms with E-state index in [9.17, 15) is 20.0 Å². The first kappa shape index (κ1) is 18.9. The van der Waals surface area contributed by atoms with Gasteiger partial charge in [-0.3, -0.25) is 14.2 Å². The Bertz CT molecular complexity index is 1120. The van der Waals surface area contributed by atoms with Gasteiger partial charge in [-0.05, 0) is 42.3 Å². The van der Waals surface area contributed by atoms with Gasteiger partial charge in [0.05, 0.1) is 19.2 Å². The number of methoxy groups -OCH3 is 1. The third-order valence-electron chi connectivity index (χ3n) is 4.56. The molecule has 6 heteroatoms. The Morgan fingerprint density at radius 3 is 2.36 bits per heavy atom. The minimum Gasteiger partial charge on any atom is -0.497 e. The summed E-state index contributed by atoms with van der Waals surface area (Å²) >= 11 is 0. The van der Waals surface area contributed by atoms with Crippen molar-refractivity contribution in [3.63, 3.8) is 0 Å². The largest absolute Gasteiger partial charge is 0.497 e. The maximum absolute atomic E-state index is 13.0. The Kier molecular flexibility index (Phi) is 5.28. The SMILES string of the molecule is COc1ccc(C(=O)c2c(C)c(C#N)c(=O)n(Cc3ccccc3)c2O)cc1. The third kappa shape index (κ3) is 3.38. The molecule has 0 saturated carbocycles. The summed E-state index contributed by atoms with van der Waals surface area (Å²) in [6.45, 7) is 1.53. The molecule has 1 heterocycles. The second-order valence-corrected chi connectivity index (χ2v) is 6.24. The van der Waals surface area contributed by atoms with Crippen LogP contribution in [-0.4, -0.2) is 22.6 Å². The molecule has 1 N–H and O–H groups in total. The minimum absolute atomic E-state index is 0.0450. The number of pyridine rings is 1. The number of benzene rings is 2. The second-order valence-electron chi connectivity index (χ2n) is 6.24. The smallest absolute Gasteiger partial charge is 0.271 e. The quantitative estimate of drug-likeness (QED) is 0.693. The Hall–Kier alpha value is -3.85. The van der Waals surface area contributed by atoms with Gasteiger partial charge < -0.3 is 9.84 Å². The van der Waals surface area contributed by atoms with E-state index >= 15 is 0 Å². The molecule has 3 rings (SSSR count). The molecule has 2 aromatic carbocycles. The molecule has 0 amide bonds. The molecule has 6 nitrogen and oxygen atoms in total. The van der Waals surface area contributed by atoms with Crippen LogP contribution in [0.3, 0.4) is 0 Å². The van der Waals surface area contributed by atoms with Crippen LogP contribution >= 0.6 is 0 Å². The van der Waals surface area contributed by atoms with E-state index in [0.717, 1.165) is 10.1 Å². The van der Waals surface area contributed by atoms with Gasteiger partial charge in [0.2, 0.25) is 5.88 Å². The lowest BCUT2D eigenvalue weighted by Gasteiger charge is -2.16. The molecule has 0 aliphatic carbocycles. The van der Waals surface area contributed by atoms with Crippen LogP contribution in [0.5, 0.6) is 11.6 Å². The summed E-state index contributed by atoms with van der Waals surface area (Å²) in [6, 6.07) is 17.3. The number of aromatic nitrogens is 1. The van der Waals surface area contributed by atoms with Gasteiger partial charge in [0.15, 0.2) is 5.78 Å². The molecule has 28 heavy (non-hydrogen) atoms. The summed E-state index contributed by atoms with van der Waals surface area (Å²) in [6.07, 6.45) is 0. The molecule has 0 aliphatic heterocycles. The van der Waals surface area contributed by atoms with Crippen LogP contribution in [-0.2, 0) is 6.54 Å². The number of ether oxygens (including phenoxy) is 1. The van der Waals surface area contributed by atoms with Crippen LogP contribution in [0.15, 0.2) is 59.4 Å². The highest BCUT2D eigenvalue weighted by Gasteiger charge is 2.25. The number of carbonyl (C=O) groups excluding carboxylic acids is 1. The van der Waals surface area contributed by atoms with Crippen molar-refractivity contribution in [1.82, 2.24) is 4.57 Å². The standard InChI is InChI=1S/C22H18N2O4/c1-14-18(12-23)21(26)24(13-15-6-4-3-5-7-15)22(27)19(14)20(25)16-8-10-17(28-2)11-9-16/h3-11,27H,13H2,1-2H3. The number of nitriles is 1. The average molecular weight is 374 g/mol. The number of rotatable bonds is 5. The van der Waals surface area contributed by atoms with Gasteiger partial charge in [0.1, 0.15) is 17.4 Å². The van der Waals surface area contributed by atoms with Gasteiger partial charge in [-0.15, -0.1) is 0 Å². The fourth-order valence-corrected chi connectivity index (χ4v) is 3.02. The van der Waals surface area contributed by atoms with Crippen molar-refractivity contribution in [3.05, 3.63) is 92.8 Å². The fraction of sp³-hybridized carbons (Fsp3) is 0.136. The highest BCUT2D eigenvalue weighted by Crippen LogP contribution is 2.26. The van der Waals surface area contributed by atoms with Crippen LogP contribution in [0.1, 0.15) is 32.6 Å². The van der Waals surface area contributed by atoms with Crippen molar-refractivity contribution in [3.8, 4) is 17.7 Å². The molecule has 140 valence electrons. The number of hydrogen-bond acceptors (Lipinski definition) is 5. The van der Waals surface area contributed by atoms with Gasteiger partial charge in [-0.1, -0.05) is 30.3 Å². The molecule has 0 atom stereocenters. The highest BCUT2D eigenvalue weighted by molar-refractivity contribution is 6.11. The first-order chi connectivity index (χ1) is 13.5. The molecule has 0 radical (unpaired) electrons. The summed E-state index contributed by atoms with van der Waals surface area (Å²) < 4.78 is 6.14. The number of carbonyl (C=O) groups is 1. The van der Waals surface area contributed by atoms with Crippen LogP contribution in [0.25, 0.3) is 0 Å². The molecule has 0 saturated heterocycles. The Morgan fingerprint density at radius 2 is 1.79 bits per heavy atom. The first-order valence-corrected chi connectivity index (χ1v) is 8.57. The summed E-state index contributed by atoms with van der Waals surface area (Å²) in [7, 11) is 1.52. The zero-order valence-electron chi connectivity index (χ0n) is 15.5. The summed E-state index contributed by atoms with van der Waals surface area (Å²) in [5, 5.41) is 20.2. The lowest BCUT2D eigenvalue weighted by molar-refractivity contribution is 0.103. The molecular weight excluding hydrogens is 356 g/mol. The van der Waals surface area contributed by atoms with Crippen LogP contribution < -0.4 is 10.3 Å². The van der Waals surface area contributed by atoms with Crippen molar-refractivity contribution >= 4 is 5.78 Å². The van der Waals surface area contributed by atoms with Gasteiger partial charge in [-0.25, -0.2) is 0 Å². The van der Waals surface area contributed by atoms with E-state index in [1.807, 2.05) is 12.1 Å². The molecule has 1 aromatic heterocycles. The van der Waals surface area contributed by atoms with E-state index in [1.165, 1.54) is 14.0 Å². The average Bonchev–Trinajstić information content (AvgIpc) is 2.72. The second kappa shape index (κ2) is 7.80. The fourth-order valence-electron chi connectivity index (χ4n) is 3.02. The zero-order chi connectivity index (χ0) is 20.3. The van der Waals surface area contributed by atoms with Gasteiger partial charge in [0, 0.05) is 5.56 Å². The van der Waals surface area contributed by atoms with Crippen LogP contribution in [0.4, 0.5) is 0 Å². The predicted octanol–water partition coefficient (Wildman–Crippen LogP) is 3.02. The monoisotopic (exact) mass is 374 g/mol. The lowest BCUT2D eigenvalue weighted by atomic mass is 9.97. The van der Waals surface area contributed by atoms with E-state index in [1.54, 1.807) is 48.5 Å². The topological polar surface area (TPSA) is 92.3 Å². The normalized spacial score (nSPS) is 10.3. The van der Waals surface area contributed by atoms with Crippen molar-refractivity contribution in [2.45, 2.75) is 13.5 Å². The predicted molar refractivity (Wildman–Crippen MR) is 104 cm³/mol. The van der Waals surface area contributed by atoms with E-state index in [2.05, 4.69) is 0 Å². The Morgan fingerprint density at radius 1 is 1.14 bits per heavy atom. The van der Waals surface area contributed by atoms with Crippen LogP contribution in [0, 0.1) is 18.3 Å². The molecule has 0 unspecified atom stereocenters. The highest BCUT2D eigenvalue weighted by atomic mass is 16.5. The van der Waals surface area contributed by atoms with Gasteiger partial charge >= 0.3 is 0 Å². The van der Waals surface area contributed by atoms with E-state index in [0.29, 0.717) is 11.3 Å². The van der Waals surface area contributed by atoms with Crippen molar-refractivity contribution in [1.29, 1.82) is 5.26 Å². The van der Waals surface area contributed by atoms with Crippen molar-refractivity contribution < 1.29 is 14.6 Å². The number of hydrogen-bond donors (Lipinski definition) is 1. The Labute approximate surface area is 161 Å². The molecule has 0 fully saturated rings. The maximum Gasteiger partial charge on any atom is 0.271 e. The van der Waals surface area contributed by atoms with Gasteiger partial charge in [-0.2, -0.15) is 5.26 Å². The number of nitrogens with zero attached hydrogens (tertiary/aromatic N) is 2. The molecule has 0 aliphatic rings. The third-order valence-corrected chi connectivity index (χ3v) is 4.56. The molecule has 0 spiro atoms. The van der Waals surface area contributed by atoms with Crippen LogP contribution in [0.2, 0.25) is 0 Å². The molecular formula is C22H18N2O4. The number of aromatic hydroxyl groups is 1. The van der Waals surface area contributed by atoms with E-state index in [4.69, 9.17) is 4.74 Å². The van der Waals surface area contributed by atoms with E-state index in [-0.39, 0.29) is 23.2 Å². The minimum atomic E-state index is -0.632. The summed E-state index contributed by atoms with van der Waals surface area (Å²) in [4.78, 5) is 25.7. The first-order valence-electron chi connectivity index (χ1n) is 8.57. The van der Waals surface area contributed by atoms with Crippen molar-refractivity contribution in [2.75, 3.05) is 7.11 Å². The summed E-state index contributed by atoms with van der Waals surface area (Å²) in [5.41, 5.74) is 0.383. The molecule has 3 aromatic rings. The van der Waals surface area contributed by atoms with Gasteiger partial charge in [0.25, 0.3) is 5.56 Å². The zero-order valence-corrected chi connectivity index (χ0v) is 15.5. The maximum atomic E-state index is 13.0. The van der Waals surface area contributed by atoms with Crippen molar-refractivity contribution in [2.24, 2.45) is 0 Å². The Balaban J connectivity index is 2.17. The molecule has 0 bridgehead atoms. The lowest BCUT2D eigenvalue weighted by Crippen LogP contribution is -2.27. The number of ketones is 1. The summed E-state index contributed by atoms with van der Waals surface area (Å²) in [5.74, 6) is -0.341.